The predicted molar refractivity (Wildman–Crippen MR) is 87.0 cm³/mol. The van der Waals surface area contributed by atoms with Gasteiger partial charge in [0.2, 0.25) is 0 Å². The van der Waals surface area contributed by atoms with Crippen LogP contribution in [0.4, 0.5) is 11.6 Å². The first-order chi connectivity index (χ1) is 12.1. The van der Waals surface area contributed by atoms with E-state index in [1.807, 2.05) is 12.1 Å². The van der Waals surface area contributed by atoms with Crippen molar-refractivity contribution >= 4 is 17.5 Å². The maximum absolute atomic E-state index is 12.1. The molecular weight excluding hydrogens is 328 g/mol. The average Bonchev–Trinajstić information content (AvgIpc) is 3.27. The molecule has 1 N–H and O–H groups in total. The lowest BCUT2D eigenvalue weighted by atomic mass is 10.2. The molecule has 3 rings (SSSR count). The van der Waals surface area contributed by atoms with E-state index in [0.29, 0.717) is 18.9 Å². The van der Waals surface area contributed by atoms with Crippen LogP contribution in [-0.2, 0) is 18.0 Å². The van der Waals surface area contributed by atoms with Crippen LogP contribution in [0.3, 0.4) is 0 Å². The van der Waals surface area contributed by atoms with Crippen molar-refractivity contribution in [1.29, 1.82) is 0 Å². The quantitative estimate of drug-likeness (QED) is 0.517. The maximum atomic E-state index is 12.1. The van der Waals surface area contributed by atoms with Gasteiger partial charge in [-0.3, -0.25) is 14.9 Å². The molecule has 0 fully saturated rings. The van der Waals surface area contributed by atoms with E-state index in [1.165, 1.54) is 6.07 Å². The van der Waals surface area contributed by atoms with Gasteiger partial charge in [-0.05, 0) is 35.9 Å². The molecule has 8 heteroatoms. The summed E-state index contributed by atoms with van der Waals surface area (Å²) in [6.07, 6.45) is 1.58. The lowest BCUT2D eigenvalue weighted by molar-refractivity contribution is -0.402. The normalized spacial score (nSPS) is 10.6. The lowest BCUT2D eigenvalue weighted by Crippen LogP contribution is -2.11. The summed E-state index contributed by atoms with van der Waals surface area (Å²) in [7, 11) is 0. The number of nitrogens with one attached hydrogen (secondary N) is 1. The lowest BCUT2D eigenvalue weighted by Gasteiger charge is -2.07. The summed E-state index contributed by atoms with van der Waals surface area (Å²) < 4.78 is 15.6. The molecule has 0 saturated carbocycles. The highest BCUT2D eigenvalue weighted by atomic mass is 16.6. The van der Waals surface area contributed by atoms with Crippen molar-refractivity contribution < 1.29 is 23.3 Å². The highest BCUT2D eigenvalue weighted by molar-refractivity contribution is 6.02. The van der Waals surface area contributed by atoms with Crippen LogP contribution in [0.15, 0.2) is 63.6 Å². The molecule has 0 saturated heterocycles. The molecule has 0 bridgehead atoms. The molecule has 1 amide bonds. The Morgan fingerprint density at radius 2 is 2.04 bits per heavy atom. The zero-order valence-corrected chi connectivity index (χ0v) is 13.0. The van der Waals surface area contributed by atoms with Gasteiger partial charge in [0.25, 0.3) is 5.91 Å². The summed E-state index contributed by atoms with van der Waals surface area (Å²) in [5, 5.41) is 13.2. The van der Waals surface area contributed by atoms with Crippen molar-refractivity contribution in [2.24, 2.45) is 0 Å². The standard InChI is InChI=1S/C17H14N2O6/c20-17(15-6-7-16(25-15)19(21)22)18-13-4-1-3-12(9-13)10-23-11-14-5-2-8-24-14/h1-9H,10-11H2,(H,18,20). The second-order valence-corrected chi connectivity index (χ2v) is 5.12. The molecule has 0 atom stereocenters. The number of carbonyl (C=O) groups is 1. The molecule has 0 aliphatic carbocycles. The van der Waals surface area contributed by atoms with Crippen LogP contribution >= 0.6 is 0 Å². The fourth-order valence-corrected chi connectivity index (χ4v) is 2.14. The highest BCUT2D eigenvalue weighted by Gasteiger charge is 2.17. The Hall–Kier alpha value is -3.39. The molecule has 25 heavy (non-hydrogen) atoms. The highest BCUT2D eigenvalue weighted by Crippen LogP contribution is 2.18. The molecule has 2 aromatic heterocycles. The second-order valence-electron chi connectivity index (χ2n) is 5.12. The molecule has 2 heterocycles. The van der Waals surface area contributed by atoms with Gasteiger partial charge in [-0.25, -0.2) is 0 Å². The number of nitrogens with zero attached hydrogens (tertiary/aromatic N) is 1. The van der Waals surface area contributed by atoms with Gasteiger partial charge in [0, 0.05) is 5.69 Å². The first-order valence-electron chi connectivity index (χ1n) is 7.36. The van der Waals surface area contributed by atoms with Crippen LogP contribution in [0.1, 0.15) is 21.9 Å². The topological polar surface area (TPSA) is 108 Å². The van der Waals surface area contributed by atoms with Crippen molar-refractivity contribution in [2.45, 2.75) is 13.2 Å². The molecule has 0 aliphatic heterocycles. The van der Waals surface area contributed by atoms with Gasteiger partial charge in [0.15, 0.2) is 5.76 Å². The van der Waals surface area contributed by atoms with E-state index in [0.717, 1.165) is 17.4 Å². The predicted octanol–water partition coefficient (Wildman–Crippen LogP) is 3.75. The van der Waals surface area contributed by atoms with Crippen molar-refractivity contribution in [2.75, 3.05) is 5.32 Å². The number of carbonyl (C=O) groups excluding carboxylic acids is 1. The number of hydrogen-bond donors (Lipinski definition) is 1. The smallest absolute Gasteiger partial charge is 0.433 e. The number of benzene rings is 1. The van der Waals surface area contributed by atoms with Crippen molar-refractivity contribution in [3.8, 4) is 0 Å². The van der Waals surface area contributed by atoms with Crippen molar-refractivity contribution in [3.63, 3.8) is 0 Å². The Bertz CT molecular complexity index is 869. The fourth-order valence-electron chi connectivity index (χ4n) is 2.14. The van der Waals surface area contributed by atoms with E-state index in [4.69, 9.17) is 13.6 Å². The van der Waals surface area contributed by atoms with Gasteiger partial charge in [-0.15, -0.1) is 0 Å². The SMILES string of the molecule is O=C(Nc1cccc(COCc2ccco2)c1)c1ccc([N+](=O)[O-])o1. The molecule has 0 aliphatic rings. The molecule has 3 aromatic rings. The second kappa shape index (κ2) is 7.45. The van der Waals surface area contributed by atoms with E-state index in [2.05, 4.69) is 5.32 Å². The van der Waals surface area contributed by atoms with Gasteiger partial charge in [0.1, 0.15) is 17.3 Å². The van der Waals surface area contributed by atoms with Crippen LogP contribution in [-0.4, -0.2) is 10.8 Å². The summed E-state index contributed by atoms with van der Waals surface area (Å²) in [5.74, 6) is -0.456. The van der Waals surface area contributed by atoms with Crippen LogP contribution in [0.25, 0.3) is 0 Å². The van der Waals surface area contributed by atoms with Gasteiger partial charge >= 0.3 is 5.88 Å². The Morgan fingerprint density at radius 1 is 1.16 bits per heavy atom. The van der Waals surface area contributed by atoms with Gasteiger partial charge in [0.05, 0.1) is 18.9 Å². The number of furan rings is 2. The zero-order valence-electron chi connectivity index (χ0n) is 13.0. The minimum absolute atomic E-state index is 0.133. The summed E-state index contributed by atoms with van der Waals surface area (Å²) in [6, 6.07) is 13.1. The Morgan fingerprint density at radius 3 is 2.76 bits per heavy atom. The van der Waals surface area contributed by atoms with E-state index < -0.39 is 16.7 Å². The average molecular weight is 342 g/mol. The zero-order chi connectivity index (χ0) is 17.6. The minimum Gasteiger partial charge on any atom is -0.467 e. The Labute approximate surface area is 142 Å². The van der Waals surface area contributed by atoms with Crippen LogP contribution in [0, 0.1) is 10.1 Å². The van der Waals surface area contributed by atoms with Gasteiger partial charge in [-0.1, -0.05) is 12.1 Å². The van der Waals surface area contributed by atoms with E-state index in [-0.39, 0.29) is 5.76 Å². The van der Waals surface area contributed by atoms with Crippen molar-refractivity contribution in [3.05, 3.63) is 82.0 Å². The summed E-state index contributed by atoms with van der Waals surface area (Å²) >= 11 is 0. The summed E-state index contributed by atoms with van der Waals surface area (Å²) in [5.41, 5.74) is 1.39. The van der Waals surface area contributed by atoms with Gasteiger partial charge in [-0.2, -0.15) is 0 Å². The monoisotopic (exact) mass is 342 g/mol. The number of rotatable bonds is 7. The third-order valence-corrected chi connectivity index (χ3v) is 3.27. The summed E-state index contributed by atoms with van der Waals surface area (Å²) in [4.78, 5) is 21.9. The minimum atomic E-state index is -0.701. The Balaban J connectivity index is 1.58. The van der Waals surface area contributed by atoms with E-state index >= 15 is 0 Å². The van der Waals surface area contributed by atoms with Crippen LogP contribution < -0.4 is 5.32 Å². The third-order valence-electron chi connectivity index (χ3n) is 3.27. The first kappa shape index (κ1) is 16.5. The number of nitro groups is 1. The van der Waals surface area contributed by atoms with Crippen LogP contribution in [0.5, 0.6) is 0 Å². The van der Waals surface area contributed by atoms with Crippen molar-refractivity contribution in [1.82, 2.24) is 0 Å². The number of hydrogen-bond acceptors (Lipinski definition) is 6. The number of anilines is 1. The first-order valence-corrected chi connectivity index (χ1v) is 7.36. The van der Waals surface area contributed by atoms with E-state index in [9.17, 15) is 14.9 Å². The maximum Gasteiger partial charge on any atom is 0.433 e. The molecule has 1 aromatic carbocycles. The van der Waals surface area contributed by atoms with E-state index in [1.54, 1.807) is 30.5 Å². The number of amides is 1. The summed E-state index contributed by atoms with van der Waals surface area (Å²) in [6.45, 7) is 0.691. The largest absolute Gasteiger partial charge is 0.467 e. The third kappa shape index (κ3) is 4.33. The molecular formula is C17H14N2O6. The molecule has 0 unspecified atom stereocenters. The molecule has 8 nitrogen and oxygen atoms in total. The van der Waals surface area contributed by atoms with Crippen LogP contribution in [0.2, 0.25) is 0 Å². The fraction of sp³-hybridized carbons (Fsp3) is 0.118. The van der Waals surface area contributed by atoms with Gasteiger partial charge < -0.3 is 18.9 Å². The molecule has 0 radical (unpaired) electrons. The molecule has 0 spiro atoms. The molecule has 128 valence electrons. The number of ether oxygens (including phenoxy) is 1. The Kier molecular flexibility index (Phi) is 4.91.